The Morgan fingerprint density at radius 1 is 1.10 bits per heavy atom. The molecule has 0 fully saturated rings. The van der Waals surface area contributed by atoms with Gasteiger partial charge in [-0.3, -0.25) is 9.52 Å². The van der Waals surface area contributed by atoms with Crippen molar-refractivity contribution in [1.82, 2.24) is 4.90 Å². The van der Waals surface area contributed by atoms with Crippen molar-refractivity contribution in [2.24, 2.45) is 0 Å². The molecular weight excluding hydrogens is 424 g/mol. The fourth-order valence-electron chi connectivity index (χ4n) is 2.68. The van der Waals surface area contributed by atoms with Gasteiger partial charge in [-0.2, -0.15) is 0 Å². The van der Waals surface area contributed by atoms with Crippen molar-refractivity contribution in [3.63, 3.8) is 0 Å². The highest BCUT2D eigenvalue weighted by molar-refractivity contribution is 7.92. The number of furan rings is 1. The summed E-state index contributed by atoms with van der Waals surface area (Å²) >= 11 is 6.01. The van der Waals surface area contributed by atoms with E-state index in [0.717, 1.165) is 5.76 Å². The highest BCUT2D eigenvalue weighted by Gasteiger charge is 2.15. The third-order valence-corrected chi connectivity index (χ3v) is 6.00. The van der Waals surface area contributed by atoms with Gasteiger partial charge in [0, 0.05) is 13.1 Å². The van der Waals surface area contributed by atoms with Crippen molar-refractivity contribution in [2.75, 3.05) is 11.8 Å². The average Bonchev–Trinajstić information content (AvgIpc) is 3.12. The van der Waals surface area contributed by atoms with Gasteiger partial charge in [0.2, 0.25) is 5.91 Å². The van der Waals surface area contributed by atoms with E-state index >= 15 is 0 Å². The lowest BCUT2D eigenvalue weighted by molar-refractivity contribution is -0.125. The van der Waals surface area contributed by atoms with E-state index in [2.05, 4.69) is 4.72 Å². The molecule has 0 aliphatic carbocycles. The number of carbonyl (C=O) groups is 1. The standard InChI is InChI=1S/C22H21ClN2O4S/c1-16-7-11-18(29-16)15-25(2)22(26)14-10-17-8-12-19(13-9-17)30(27,28)24-21-6-4-3-5-20(21)23/h3-14,24H,15H2,1-2H3/b14-10+. The first-order valence-corrected chi connectivity index (χ1v) is 11.0. The van der Waals surface area contributed by atoms with Crippen LogP contribution in [-0.4, -0.2) is 26.3 Å². The van der Waals surface area contributed by atoms with Crippen LogP contribution in [0.3, 0.4) is 0 Å². The highest BCUT2D eigenvalue weighted by atomic mass is 35.5. The summed E-state index contributed by atoms with van der Waals surface area (Å²) in [6, 6.07) is 16.5. The first-order chi connectivity index (χ1) is 14.2. The van der Waals surface area contributed by atoms with E-state index in [-0.39, 0.29) is 10.8 Å². The Bertz CT molecular complexity index is 1170. The molecule has 3 aromatic rings. The zero-order valence-electron chi connectivity index (χ0n) is 16.5. The number of anilines is 1. The fourth-order valence-corrected chi connectivity index (χ4v) is 4.00. The Hall–Kier alpha value is -3.03. The average molecular weight is 445 g/mol. The zero-order valence-corrected chi connectivity index (χ0v) is 18.1. The molecule has 6 nitrogen and oxygen atoms in total. The number of halogens is 1. The molecule has 156 valence electrons. The monoisotopic (exact) mass is 444 g/mol. The molecule has 0 saturated heterocycles. The van der Waals surface area contributed by atoms with Crippen LogP contribution in [0.1, 0.15) is 17.1 Å². The third kappa shape index (κ3) is 5.52. The summed E-state index contributed by atoms with van der Waals surface area (Å²) in [4.78, 5) is 13.9. The lowest BCUT2D eigenvalue weighted by Gasteiger charge is -2.13. The summed E-state index contributed by atoms with van der Waals surface area (Å²) in [6.45, 7) is 2.21. The maximum atomic E-state index is 12.5. The maximum absolute atomic E-state index is 12.5. The lowest BCUT2D eigenvalue weighted by Crippen LogP contribution is -2.23. The van der Waals surface area contributed by atoms with Gasteiger partial charge in [0.15, 0.2) is 0 Å². The predicted octanol–water partition coefficient (Wildman–Crippen LogP) is 4.71. The quantitative estimate of drug-likeness (QED) is 0.535. The molecule has 0 atom stereocenters. The van der Waals surface area contributed by atoms with Crippen LogP contribution in [0.4, 0.5) is 5.69 Å². The Kier molecular flexibility index (Phi) is 6.64. The van der Waals surface area contributed by atoms with E-state index in [4.69, 9.17) is 16.0 Å². The number of aryl methyl sites for hydroxylation is 1. The number of amides is 1. The Balaban J connectivity index is 1.64. The van der Waals surface area contributed by atoms with Crippen molar-refractivity contribution in [2.45, 2.75) is 18.4 Å². The smallest absolute Gasteiger partial charge is 0.261 e. The van der Waals surface area contributed by atoms with Gasteiger partial charge in [-0.25, -0.2) is 8.42 Å². The molecule has 1 amide bonds. The Labute approximate surface area is 180 Å². The Morgan fingerprint density at radius 3 is 2.43 bits per heavy atom. The number of para-hydroxylation sites is 1. The number of carbonyl (C=O) groups excluding carboxylic acids is 1. The number of rotatable bonds is 7. The summed E-state index contributed by atoms with van der Waals surface area (Å²) < 4.78 is 33.0. The largest absolute Gasteiger partial charge is 0.464 e. The van der Waals surface area contributed by atoms with Gasteiger partial charge in [0.25, 0.3) is 10.0 Å². The van der Waals surface area contributed by atoms with E-state index in [1.807, 2.05) is 19.1 Å². The van der Waals surface area contributed by atoms with Gasteiger partial charge in [-0.1, -0.05) is 35.9 Å². The summed E-state index contributed by atoms with van der Waals surface area (Å²) in [5, 5.41) is 0.313. The molecule has 0 aliphatic heterocycles. The van der Waals surface area contributed by atoms with Gasteiger partial charge >= 0.3 is 0 Å². The van der Waals surface area contributed by atoms with E-state index in [9.17, 15) is 13.2 Å². The number of nitrogens with zero attached hydrogens (tertiary/aromatic N) is 1. The molecule has 8 heteroatoms. The van der Waals surface area contributed by atoms with E-state index < -0.39 is 10.0 Å². The predicted molar refractivity (Wildman–Crippen MR) is 118 cm³/mol. The van der Waals surface area contributed by atoms with Crippen molar-refractivity contribution in [3.05, 3.63) is 88.8 Å². The first-order valence-electron chi connectivity index (χ1n) is 9.10. The van der Waals surface area contributed by atoms with Crippen LogP contribution in [0, 0.1) is 6.92 Å². The van der Waals surface area contributed by atoms with Crippen LogP contribution >= 0.6 is 11.6 Å². The van der Waals surface area contributed by atoms with Crippen molar-refractivity contribution in [3.8, 4) is 0 Å². The number of hydrogen-bond donors (Lipinski definition) is 1. The SMILES string of the molecule is Cc1ccc(CN(C)C(=O)/C=C/c2ccc(S(=O)(=O)Nc3ccccc3Cl)cc2)o1. The highest BCUT2D eigenvalue weighted by Crippen LogP contribution is 2.24. The van der Waals surface area contributed by atoms with Crippen LogP contribution in [0.25, 0.3) is 6.08 Å². The zero-order chi connectivity index (χ0) is 21.7. The molecule has 1 heterocycles. The van der Waals surface area contributed by atoms with Crippen molar-refractivity contribution < 1.29 is 17.6 Å². The number of nitrogens with one attached hydrogen (secondary N) is 1. The number of likely N-dealkylation sites (N-methyl/N-ethyl adjacent to an activating group) is 1. The molecule has 0 bridgehead atoms. The van der Waals surface area contributed by atoms with Gasteiger partial charge < -0.3 is 9.32 Å². The van der Waals surface area contributed by atoms with Crippen molar-refractivity contribution in [1.29, 1.82) is 0 Å². The molecular formula is C22H21ClN2O4S. The van der Waals surface area contributed by atoms with Crippen LogP contribution in [0.5, 0.6) is 0 Å². The molecule has 1 N–H and O–H groups in total. The van der Waals surface area contributed by atoms with Gasteiger partial charge in [-0.15, -0.1) is 0 Å². The summed E-state index contributed by atoms with van der Waals surface area (Å²) in [6.07, 6.45) is 3.06. The molecule has 0 aliphatic rings. The third-order valence-electron chi connectivity index (χ3n) is 4.29. The second-order valence-corrected chi connectivity index (χ2v) is 8.78. The molecule has 3 rings (SSSR count). The summed E-state index contributed by atoms with van der Waals surface area (Å²) in [5.41, 5.74) is 1.01. The molecule has 0 radical (unpaired) electrons. The van der Waals surface area contributed by atoms with E-state index in [1.54, 1.807) is 49.5 Å². The van der Waals surface area contributed by atoms with Crippen LogP contribution < -0.4 is 4.72 Å². The van der Waals surface area contributed by atoms with Crippen LogP contribution in [-0.2, 0) is 21.4 Å². The fraction of sp³-hybridized carbons (Fsp3) is 0.136. The van der Waals surface area contributed by atoms with Crippen LogP contribution in [0.15, 0.2) is 76.1 Å². The minimum absolute atomic E-state index is 0.0937. The molecule has 30 heavy (non-hydrogen) atoms. The molecule has 2 aromatic carbocycles. The van der Waals surface area contributed by atoms with Gasteiger partial charge in [0.05, 0.1) is 22.2 Å². The number of benzene rings is 2. The minimum atomic E-state index is -3.77. The molecule has 1 aromatic heterocycles. The second-order valence-electron chi connectivity index (χ2n) is 6.69. The Morgan fingerprint density at radius 2 is 1.80 bits per heavy atom. The normalized spacial score (nSPS) is 11.6. The minimum Gasteiger partial charge on any atom is -0.464 e. The summed E-state index contributed by atoms with van der Waals surface area (Å²) in [5.74, 6) is 1.30. The second kappa shape index (κ2) is 9.19. The number of sulfonamides is 1. The van der Waals surface area contributed by atoms with E-state index in [1.165, 1.54) is 23.1 Å². The first kappa shape index (κ1) is 21.7. The number of hydrogen-bond acceptors (Lipinski definition) is 4. The lowest BCUT2D eigenvalue weighted by atomic mass is 10.2. The molecule has 0 spiro atoms. The van der Waals surface area contributed by atoms with Gasteiger partial charge in [-0.05, 0) is 55.0 Å². The maximum Gasteiger partial charge on any atom is 0.261 e. The topological polar surface area (TPSA) is 79.6 Å². The van der Waals surface area contributed by atoms with Crippen LogP contribution in [0.2, 0.25) is 5.02 Å². The molecule has 0 unspecified atom stereocenters. The molecule has 0 saturated carbocycles. The van der Waals surface area contributed by atoms with Gasteiger partial charge in [0.1, 0.15) is 11.5 Å². The summed E-state index contributed by atoms with van der Waals surface area (Å²) in [7, 11) is -2.09. The van der Waals surface area contributed by atoms with E-state index in [0.29, 0.717) is 28.6 Å². The van der Waals surface area contributed by atoms with Crippen molar-refractivity contribution >= 4 is 39.3 Å².